The van der Waals surface area contributed by atoms with Crippen molar-refractivity contribution in [3.8, 4) is 0 Å². The van der Waals surface area contributed by atoms with E-state index in [1.54, 1.807) is 0 Å². The molecule has 0 aromatic heterocycles. The van der Waals surface area contributed by atoms with E-state index < -0.39 is 0 Å². The Morgan fingerprint density at radius 3 is 2.29 bits per heavy atom. The molecule has 1 rings (SSSR count). The van der Waals surface area contributed by atoms with Gasteiger partial charge >= 0.3 is 0 Å². The Bertz CT molecular complexity index is 196. The summed E-state index contributed by atoms with van der Waals surface area (Å²) in [5.41, 5.74) is 2.08. The van der Waals surface area contributed by atoms with Crippen molar-refractivity contribution in [3.05, 3.63) is 12.2 Å². The zero-order chi connectivity index (χ0) is 10.8. The second-order valence-electron chi connectivity index (χ2n) is 6.01. The van der Waals surface area contributed by atoms with Gasteiger partial charge in [0.2, 0.25) is 0 Å². The third-order valence-corrected chi connectivity index (χ3v) is 3.78. The smallest absolute Gasteiger partial charge is 0.0295 e. The second kappa shape index (κ2) is 4.51. The SMILES string of the molecule is C=C(C)CC(CCC1(C)CC1)C(C)C. The average molecular weight is 194 g/mol. The molecule has 0 bridgehead atoms. The monoisotopic (exact) mass is 194 g/mol. The number of hydrogen-bond donors (Lipinski definition) is 0. The van der Waals surface area contributed by atoms with Crippen molar-refractivity contribution in [2.24, 2.45) is 17.3 Å². The lowest BCUT2D eigenvalue weighted by Gasteiger charge is -2.22. The van der Waals surface area contributed by atoms with Gasteiger partial charge in [-0.3, -0.25) is 0 Å². The molecule has 0 aromatic carbocycles. The van der Waals surface area contributed by atoms with Crippen LogP contribution in [0.4, 0.5) is 0 Å². The molecular formula is C14H26. The van der Waals surface area contributed by atoms with Gasteiger partial charge in [0.05, 0.1) is 0 Å². The molecule has 0 heteroatoms. The van der Waals surface area contributed by atoms with Gasteiger partial charge in [-0.25, -0.2) is 0 Å². The van der Waals surface area contributed by atoms with Gasteiger partial charge in [0, 0.05) is 0 Å². The molecule has 0 heterocycles. The van der Waals surface area contributed by atoms with Crippen molar-refractivity contribution in [1.82, 2.24) is 0 Å². The Hall–Kier alpha value is -0.260. The van der Waals surface area contributed by atoms with E-state index in [2.05, 4.69) is 34.3 Å². The summed E-state index contributed by atoms with van der Waals surface area (Å²) < 4.78 is 0. The maximum Gasteiger partial charge on any atom is -0.0295 e. The van der Waals surface area contributed by atoms with Crippen LogP contribution in [-0.2, 0) is 0 Å². The van der Waals surface area contributed by atoms with Crippen LogP contribution < -0.4 is 0 Å². The first-order chi connectivity index (χ1) is 6.43. The van der Waals surface area contributed by atoms with E-state index in [-0.39, 0.29) is 0 Å². The fraction of sp³-hybridized carbons (Fsp3) is 0.857. The van der Waals surface area contributed by atoms with Crippen molar-refractivity contribution >= 4 is 0 Å². The third-order valence-electron chi connectivity index (χ3n) is 3.78. The van der Waals surface area contributed by atoms with Crippen LogP contribution in [0.2, 0.25) is 0 Å². The average Bonchev–Trinajstić information content (AvgIpc) is 2.77. The minimum Gasteiger partial charge on any atom is -0.100 e. The van der Waals surface area contributed by atoms with E-state index in [1.807, 2.05) is 0 Å². The number of hydrogen-bond acceptors (Lipinski definition) is 0. The second-order valence-corrected chi connectivity index (χ2v) is 6.01. The molecular weight excluding hydrogens is 168 g/mol. The Labute approximate surface area is 89.8 Å². The van der Waals surface area contributed by atoms with E-state index in [4.69, 9.17) is 0 Å². The topological polar surface area (TPSA) is 0 Å². The largest absolute Gasteiger partial charge is 0.100 e. The zero-order valence-electron chi connectivity index (χ0n) is 10.4. The molecule has 1 saturated carbocycles. The molecule has 1 atom stereocenters. The summed E-state index contributed by atoms with van der Waals surface area (Å²) in [6, 6.07) is 0. The Kier molecular flexibility index (Phi) is 3.80. The molecule has 0 saturated heterocycles. The lowest BCUT2D eigenvalue weighted by atomic mass is 9.83. The van der Waals surface area contributed by atoms with Crippen LogP contribution in [-0.4, -0.2) is 0 Å². The lowest BCUT2D eigenvalue weighted by molar-refractivity contribution is 0.317. The molecule has 0 N–H and O–H groups in total. The molecule has 1 unspecified atom stereocenters. The van der Waals surface area contributed by atoms with Crippen LogP contribution in [0.1, 0.15) is 59.8 Å². The maximum atomic E-state index is 4.04. The normalized spacial score (nSPS) is 20.9. The molecule has 0 spiro atoms. The molecule has 0 aromatic rings. The fourth-order valence-corrected chi connectivity index (χ4v) is 2.12. The van der Waals surface area contributed by atoms with Crippen LogP contribution >= 0.6 is 0 Å². The van der Waals surface area contributed by atoms with Gasteiger partial charge in [0.1, 0.15) is 0 Å². The molecule has 0 amide bonds. The quantitative estimate of drug-likeness (QED) is 0.532. The maximum absolute atomic E-state index is 4.04. The highest BCUT2D eigenvalue weighted by molar-refractivity contribution is 4.93. The first-order valence-corrected chi connectivity index (χ1v) is 6.07. The Morgan fingerprint density at radius 2 is 1.93 bits per heavy atom. The van der Waals surface area contributed by atoms with Crippen LogP contribution in [0.15, 0.2) is 12.2 Å². The van der Waals surface area contributed by atoms with E-state index >= 15 is 0 Å². The highest BCUT2D eigenvalue weighted by Gasteiger charge is 2.37. The molecule has 0 nitrogen and oxygen atoms in total. The minimum absolute atomic E-state index is 0.724. The highest BCUT2D eigenvalue weighted by atomic mass is 14.4. The first-order valence-electron chi connectivity index (χ1n) is 6.07. The summed E-state index contributed by atoms with van der Waals surface area (Å²) in [5, 5.41) is 0. The van der Waals surface area contributed by atoms with Crippen LogP contribution in [0, 0.1) is 17.3 Å². The zero-order valence-corrected chi connectivity index (χ0v) is 10.4. The van der Waals surface area contributed by atoms with E-state index in [1.165, 1.54) is 37.7 Å². The Morgan fingerprint density at radius 1 is 1.36 bits per heavy atom. The molecule has 1 aliphatic rings. The van der Waals surface area contributed by atoms with Gasteiger partial charge in [0.15, 0.2) is 0 Å². The van der Waals surface area contributed by atoms with Gasteiger partial charge in [0.25, 0.3) is 0 Å². The van der Waals surface area contributed by atoms with Gasteiger partial charge < -0.3 is 0 Å². The molecule has 82 valence electrons. The van der Waals surface area contributed by atoms with Gasteiger partial charge in [-0.05, 0) is 56.3 Å². The molecule has 1 aliphatic carbocycles. The summed E-state index contributed by atoms with van der Waals surface area (Å²) in [7, 11) is 0. The standard InChI is InChI=1S/C14H26/c1-11(2)10-13(12(3)4)6-7-14(5)8-9-14/h12-13H,1,6-10H2,2-5H3. The predicted molar refractivity (Wildman–Crippen MR) is 64.3 cm³/mol. The van der Waals surface area contributed by atoms with Crippen molar-refractivity contribution in [2.45, 2.75) is 59.8 Å². The predicted octanol–water partition coefficient (Wildman–Crippen LogP) is 4.81. The first kappa shape index (κ1) is 11.8. The van der Waals surface area contributed by atoms with Crippen LogP contribution in [0.25, 0.3) is 0 Å². The minimum atomic E-state index is 0.724. The summed E-state index contributed by atoms with van der Waals surface area (Å²) in [5.74, 6) is 1.68. The lowest BCUT2D eigenvalue weighted by Crippen LogP contribution is -2.11. The van der Waals surface area contributed by atoms with E-state index in [9.17, 15) is 0 Å². The van der Waals surface area contributed by atoms with E-state index in [0.29, 0.717) is 0 Å². The van der Waals surface area contributed by atoms with Crippen LogP contribution in [0.5, 0.6) is 0 Å². The summed E-state index contributed by atoms with van der Waals surface area (Å²) in [6.45, 7) is 13.3. The summed E-state index contributed by atoms with van der Waals surface area (Å²) >= 11 is 0. The third kappa shape index (κ3) is 3.86. The number of allylic oxidation sites excluding steroid dienone is 1. The summed E-state index contributed by atoms with van der Waals surface area (Å²) in [6.07, 6.45) is 6.99. The highest BCUT2D eigenvalue weighted by Crippen LogP contribution is 2.50. The molecule has 14 heavy (non-hydrogen) atoms. The van der Waals surface area contributed by atoms with Crippen molar-refractivity contribution < 1.29 is 0 Å². The van der Waals surface area contributed by atoms with Gasteiger partial charge in [-0.15, -0.1) is 6.58 Å². The van der Waals surface area contributed by atoms with Gasteiger partial charge in [-0.1, -0.05) is 26.3 Å². The Balaban J connectivity index is 2.31. The van der Waals surface area contributed by atoms with Crippen LogP contribution in [0.3, 0.4) is 0 Å². The molecule has 0 radical (unpaired) electrons. The fourth-order valence-electron chi connectivity index (χ4n) is 2.12. The molecule has 1 fully saturated rings. The van der Waals surface area contributed by atoms with Crippen molar-refractivity contribution in [2.75, 3.05) is 0 Å². The molecule has 0 aliphatic heterocycles. The van der Waals surface area contributed by atoms with Crippen molar-refractivity contribution in [1.29, 1.82) is 0 Å². The van der Waals surface area contributed by atoms with Gasteiger partial charge in [-0.2, -0.15) is 0 Å². The van der Waals surface area contributed by atoms with Crippen molar-refractivity contribution in [3.63, 3.8) is 0 Å². The van der Waals surface area contributed by atoms with E-state index in [0.717, 1.165) is 17.3 Å². The summed E-state index contributed by atoms with van der Waals surface area (Å²) in [4.78, 5) is 0. The number of rotatable bonds is 6.